The van der Waals surface area contributed by atoms with Gasteiger partial charge in [0, 0.05) is 11.3 Å². The molecule has 7 nitrogen and oxygen atoms in total. The van der Waals surface area contributed by atoms with Crippen LogP contribution in [0.25, 0.3) is 17.1 Å². The van der Waals surface area contributed by atoms with Crippen LogP contribution >= 0.6 is 0 Å². The Hall–Kier alpha value is -3.22. The van der Waals surface area contributed by atoms with Gasteiger partial charge in [-0.05, 0) is 52.9 Å². The van der Waals surface area contributed by atoms with Gasteiger partial charge in [-0.1, -0.05) is 6.07 Å². The maximum Gasteiger partial charge on any atom is 0.337 e. The Morgan fingerprint density at radius 3 is 2.68 bits per heavy atom. The van der Waals surface area contributed by atoms with Crippen LogP contribution in [0.4, 0.5) is 5.69 Å². The number of esters is 1. The second-order valence-corrected chi connectivity index (χ2v) is 4.58. The van der Waals surface area contributed by atoms with Gasteiger partial charge in [-0.25, -0.2) is 4.79 Å². The molecule has 0 unspecified atom stereocenters. The number of ether oxygens (including phenoxy) is 1. The Morgan fingerprint density at radius 1 is 1.18 bits per heavy atom. The highest BCUT2D eigenvalue weighted by Gasteiger charge is 2.13. The molecule has 2 N–H and O–H groups in total. The fourth-order valence-electron chi connectivity index (χ4n) is 2.06. The number of carbonyl (C=O) groups is 1. The molecule has 0 aliphatic carbocycles. The van der Waals surface area contributed by atoms with E-state index >= 15 is 0 Å². The van der Waals surface area contributed by atoms with E-state index in [0.717, 1.165) is 5.56 Å². The first kappa shape index (κ1) is 13.7. The predicted octanol–water partition coefficient (Wildman–Crippen LogP) is 1.70. The minimum atomic E-state index is -0.413. The summed E-state index contributed by atoms with van der Waals surface area (Å²) in [6.45, 7) is 0. The highest BCUT2D eigenvalue weighted by atomic mass is 16.5. The van der Waals surface area contributed by atoms with E-state index in [9.17, 15) is 4.79 Å². The third kappa shape index (κ3) is 2.51. The average molecular weight is 295 g/mol. The van der Waals surface area contributed by atoms with Gasteiger partial charge in [0.05, 0.1) is 18.4 Å². The summed E-state index contributed by atoms with van der Waals surface area (Å²) in [5.41, 5.74) is 8.27. The van der Waals surface area contributed by atoms with Gasteiger partial charge >= 0.3 is 5.97 Å². The number of nitrogen functional groups attached to an aromatic ring is 1. The fraction of sp³-hybridized carbons (Fsp3) is 0.0667. The van der Waals surface area contributed by atoms with Crippen molar-refractivity contribution in [3.63, 3.8) is 0 Å². The van der Waals surface area contributed by atoms with Crippen molar-refractivity contribution in [2.45, 2.75) is 0 Å². The molecule has 0 bridgehead atoms. The second-order valence-electron chi connectivity index (χ2n) is 4.58. The minimum absolute atomic E-state index is 0.413. The van der Waals surface area contributed by atoms with Gasteiger partial charge in [0.2, 0.25) is 0 Å². The number of hydrogen-bond acceptors (Lipinski definition) is 6. The molecule has 0 saturated heterocycles. The Labute approximate surface area is 126 Å². The van der Waals surface area contributed by atoms with Crippen LogP contribution in [0, 0.1) is 0 Å². The van der Waals surface area contributed by atoms with Gasteiger partial charge in [-0.3, -0.25) is 0 Å². The van der Waals surface area contributed by atoms with E-state index < -0.39 is 5.97 Å². The summed E-state index contributed by atoms with van der Waals surface area (Å²) in [7, 11) is 1.34. The maximum atomic E-state index is 11.6. The molecule has 0 fully saturated rings. The molecule has 1 heterocycles. The molecule has 0 atom stereocenters. The molecule has 3 rings (SSSR count). The SMILES string of the molecule is COC(=O)c1cccc(-n2nnnc2-c2ccc(N)cc2)c1. The zero-order valence-corrected chi connectivity index (χ0v) is 11.8. The topological polar surface area (TPSA) is 95.9 Å². The first-order chi connectivity index (χ1) is 10.7. The molecule has 3 aromatic rings. The first-order valence-corrected chi connectivity index (χ1v) is 6.52. The van der Waals surface area contributed by atoms with Gasteiger partial charge in [-0.2, -0.15) is 4.68 Å². The number of benzene rings is 2. The van der Waals surface area contributed by atoms with E-state index in [1.807, 2.05) is 18.2 Å². The van der Waals surface area contributed by atoms with Crippen molar-refractivity contribution in [2.75, 3.05) is 12.8 Å². The van der Waals surface area contributed by atoms with Crippen LogP contribution in [0.2, 0.25) is 0 Å². The molecule has 110 valence electrons. The lowest BCUT2D eigenvalue weighted by Gasteiger charge is -2.06. The molecule has 0 amide bonds. The standard InChI is InChI=1S/C15H13N5O2/c1-22-15(21)11-3-2-4-13(9-11)20-14(17-18-19-20)10-5-7-12(16)8-6-10/h2-9H,16H2,1H3. The summed E-state index contributed by atoms with van der Waals surface area (Å²) in [5.74, 6) is 0.144. The van der Waals surface area contributed by atoms with Crippen LogP contribution in [-0.4, -0.2) is 33.3 Å². The van der Waals surface area contributed by atoms with Gasteiger partial charge in [-0.15, -0.1) is 5.10 Å². The second kappa shape index (κ2) is 5.65. The summed E-state index contributed by atoms with van der Waals surface area (Å²) >= 11 is 0. The highest BCUT2D eigenvalue weighted by Crippen LogP contribution is 2.21. The summed E-state index contributed by atoms with van der Waals surface area (Å²) in [5, 5.41) is 11.7. The number of nitrogens with zero attached hydrogens (tertiary/aromatic N) is 4. The lowest BCUT2D eigenvalue weighted by molar-refractivity contribution is 0.0600. The van der Waals surface area contributed by atoms with Crippen LogP contribution in [0.15, 0.2) is 48.5 Å². The molecule has 2 aromatic carbocycles. The molecule has 0 saturated carbocycles. The number of tetrazole rings is 1. The molecular formula is C15H13N5O2. The molecule has 7 heteroatoms. The molecular weight excluding hydrogens is 282 g/mol. The number of rotatable bonds is 3. The first-order valence-electron chi connectivity index (χ1n) is 6.52. The molecule has 1 aromatic heterocycles. The quantitative estimate of drug-likeness (QED) is 0.583. The van der Waals surface area contributed by atoms with Gasteiger partial charge in [0.15, 0.2) is 5.82 Å². The van der Waals surface area contributed by atoms with E-state index in [-0.39, 0.29) is 0 Å². The Kier molecular flexibility index (Phi) is 3.53. The number of nitrogens with two attached hydrogens (primary N) is 1. The van der Waals surface area contributed by atoms with Crippen molar-refractivity contribution in [1.82, 2.24) is 20.2 Å². The van der Waals surface area contributed by atoms with E-state index in [2.05, 4.69) is 15.5 Å². The van der Waals surface area contributed by atoms with E-state index in [1.165, 1.54) is 7.11 Å². The normalized spacial score (nSPS) is 10.4. The van der Waals surface area contributed by atoms with E-state index in [4.69, 9.17) is 10.5 Å². The van der Waals surface area contributed by atoms with Crippen LogP contribution in [0.5, 0.6) is 0 Å². The largest absolute Gasteiger partial charge is 0.465 e. The summed E-state index contributed by atoms with van der Waals surface area (Å²) in [6.07, 6.45) is 0. The Bertz CT molecular complexity index is 811. The minimum Gasteiger partial charge on any atom is -0.465 e. The third-order valence-electron chi connectivity index (χ3n) is 3.15. The Morgan fingerprint density at radius 2 is 1.95 bits per heavy atom. The lowest BCUT2D eigenvalue weighted by Crippen LogP contribution is -2.05. The fourth-order valence-corrected chi connectivity index (χ4v) is 2.06. The van der Waals surface area contributed by atoms with Crippen LogP contribution in [0.3, 0.4) is 0 Å². The molecule has 0 aliphatic rings. The van der Waals surface area contributed by atoms with Crippen molar-refractivity contribution in [3.05, 3.63) is 54.1 Å². The highest BCUT2D eigenvalue weighted by molar-refractivity contribution is 5.90. The zero-order valence-electron chi connectivity index (χ0n) is 11.8. The smallest absolute Gasteiger partial charge is 0.337 e. The number of aromatic nitrogens is 4. The summed E-state index contributed by atoms with van der Waals surface area (Å²) in [4.78, 5) is 11.6. The Balaban J connectivity index is 2.05. The maximum absolute atomic E-state index is 11.6. The molecule has 0 aliphatic heterocycles. The van der Waals surface area contributed by atoms with Crippen LogP contribution < -0.4 is 5.73 Å². The van der Waals surface area contributed by atoms with E-state index in [1.54, 1.807) is 35.0 Å². The number of methoxy groups -OCH3 is 1. The van der Waals surface area contributed by atoms with Crippen molar-refractivity contribution in [2.24, 2.45) is 0 Å². The monoisotopic (exact) mass is 295 g/mol. The average Bonchev–Trinajstić information content (AvgIpc) is 3.04. The number of anilines is 1. The van der Waals surface area contributed by atoms with E-state index in [0.29, 0.717) is 22.8 Å². The zero-order chi connectivity index (χ0) is 15.5. The van der Waals surface area contributed by atoms with Crippen molar-refractivity contribution < 1.29 is 9.53 Å². The van der Waals surface area contributed by atoms with Gasteiger partial charge in [0.1, 0.15) is 0 Å². The van der Waals surface area contributed by atoms with Gasteiger partial charge < -0.3 is 10.5 Å². The van der Waals surface area contributed by atoms with Crippen LogP contribution in [-0.2, 0) is 4.74 Å². The van der Waals surface area contributed by atoms with Crippen molar-refractivity contribution in [1.29, 1.82) is 0 Å². The number of hydrogen-bond donors (Lipinski definition) is 1. The summed E-state index contributed by atoms with van der Waals surface area (Å²) in [6, 6.07) is 14.1. The number of carbonyl (C=O) groups excluding carboxylic acids is 1. The molecule has 0 spiro atoms. The summed E-state index contributed by atoms with van der Waals surface area (Å²) < 4.78 is 6.28. The lowest BCUT2D eigenvalue weighted by atomic mass is 10.1. The molecule has 0 radical (unpaired) electrons. The van der Waals surface area contributed by atoms with Crippen LogP contribution in [0.1, 0.15) is 10.4 Å². The van der Waals surface area contributed by atoms with Gasteiger partial charge in [0.25, 0.3) is 0 Å². The van der Waals surface area contributed by atoms with Crippen molar-refractivity contribution in [3.8, 4) is 17.1 Å². The predicted molar refractivity (Wildman–Crippen MR) is 80.3 cm³/mol. The third-order valence-corrected chi connectivity index (χ3v) is 3.15. The molecule has 22 heavy (non-hydrogen) atoms. The van der Waals surface area contributed by atoms with Crippen molar-refractivity contribution >= 4 is 11.7 Å².